The zero-order valence-electron chi connectivity index (χ0n) is 14.4. The number of β-amino-alcohol motifs (C(OH)–C–C–N with tert-alkyl or cyclic N) is 1. The Morgan fingerprint density at radius 3 is 2.59 bits per heavy atom. The number of pyridine rings is 1. The van der Waals surface area contributed by atoms with Crippen LogP contribution in [0.25, 0.3) is 0 Å². The van der Waals surface area contributed by atoms with Crippen LogP contribution in [-0.4, -0.2) is 40.6 Å². The first kappa shape index (κ1) is 22.9. The molecular weight excluding hydrogens is 391 g/mol. The Morgan fingerprint density at radius 2 is 1.93 bits per heavy atom. The molecular formula is C18H22Cl2N4O3. The summed E-state index contributed by atoms with van der Waals surface area (Å²) < 4.78 is 0. The summed E-state index contributed by atoms with van der Waals surface area (Å²) in [6.07, 6.45) is 3.08. The fourth-order valence-electron chi connectivity index (χ4n) is 2.69. The van der Waals surface area contributed by atoms with Crippen LogP contribution in [0.3, 0.4) is 0 Å². The predicted octanol–water partition coefficient (Wildman–Crippen LogP) is 1.52. The van der Waals surface area contributed by atoms with Crippen LogP contribution in [-0.2, 0) is 11.3 Å². The zero-order valence-corrected chi connectivity index (χ0v) is 16.1. The Morgan fingerprint density at radius 1 is 1.19 bits per heavy atom. The average molecular weight is 413 g/mol. The monoisotopic (exact) mass is 412 g/mol. The number of carbonyl (C=O) groups excluding carboxylic acids is 2. The van der Waals surface area contributed by atoms with Gasteiger partial charge in [0.15, 0.2) is 0 Å². The van der Waals surface area contributed by atoms with E-state index in [-0.39, 0.29) is 42.7 Å². The summed E-state index contributed by atoms with van der Waals surface area (Å²) >= 11 is 0. The lowest BCUT2D eigenvalue weighted by atomic mass is 10.1. The second-order valence-electron chi connectivity index (χ2n) is 5.96. The zero-order chi connectivity index (χ0) is 17.6. The van der Waals surface area contributed by atoms with E-state index in [1.165, 1.54) is 0 Å². The van der Waals surface area contributed by atoms with Crippen LogP contribution in [0.2, 0.25) is 0 Å². The average Bonchev–Trinajstić information content (AvgIpc) is 3.07. The molecule has 0 spiro atoms. The molecule has 0 aliphatic carbocycles. The number of aliphatic hydroxyl groups excluding tert-OH is 1. The highest BCUT2D eigenvalue weighted by Crippen LogP contribution is 2.13. The van der Waals surface area contributed by atoms with E-state index < -0.39 is 6.10 Å². The molecule has 2 heterocycles. The van der Waals surface area contributed by atoms with Crippen molar-refractivity contribution in [1.82, 2.24) is 15.6 Å². The number of nitrogens with zero attached hydrogens (tertiary/aromatic N) is 1. The maximum absolute atomic E-state index is 12.2. The quantitative estimate of drug-likeness (QED) is 0.595. The Hall–Kier alpha value is -2.19. The van der Waals surface area contributed by atoms with Crippen LogP contribution < -0.4 is 16.0 Å². The van der Waals surface area contributed by atoms with Gasteiger partial charge in [-0.05, 0) is 36.2 Å². The number of nitrogens with one attached hydrogen (secondary N) is 3. The predicted molar refractivity (Wildman–Crippen MR) is 107 cm³/mol. The van der Waals surface area contributed by atoms with E-state index >= 15 is 0 Å². The highest BCUT2D eigenvalue weighted by molar-refractivity contribution is 6.04. The van der Waals surface area contributed by atoms with E-state index in [1.807, 2.05) is 18.2 Å². The molecule has 4 N–H and O–H groups in total. The SMILES string of the molecule is Cl.Cl.O=C(Nc1cccc(CNC(=O)C2CC(O)CN2)c1)c1ccncc1. The molecule has 2 aromatic rings. The third-order valence-corrected chi connectivity index (χ3v) is 4.02. The van der Waals surface area contributed by atoms with Gasteiger partial charge in [-0.2, -0.15) is 0 Å². The number of anilines is 1. The number of hydrogen-bond donors (Lipinski definition) is 4. The first-order valence-electron chi connectivity index (χ1n) is 8.11. The molecule has 7 nitrogen and oxygen atoms in total. The molecule has 0 radical (unpaired) electrons. The molecule has 1 fully saturated rings. The number of aliphatic hydroxyl groups is 1. The number of amides is 2. The minimum absolute atomic E-state index is 0. The van der Waals surface area contributed by atoms with Gasteiger partial charge in [-0.1, -0.05) is 12.1 Å². The highest BCUT2D eigenvalue weighted by atomic mass is 35.5. The summed E-state index contributed by atoms with van der Waals surface area (Å²) in [7, 11) is 0. The first-order chi connectivity index (χ1) is 12.1. The van der Waals surface area contributed by atoms with E-state index in [2.05, 4.69) is 20.9 Å². The second kappa shape index (κ2) is 10.8. The van der Waals surface area contributed by atoms with Crippen LogP contribution in [0.1, 0.15) is 22.3 Å². The standard InChI is InChI=1S/C18H20N4O3.2ClH/c23-15-9-16(20-11-15)18(25)21-10-12-2-1-3-14(8-12)22-17(24)13-4-6-19-7-5-13;;/h1-8,15-16,20,23H,9-11H2,(H,21,25)(H,22,24);2*1H. The van der Waals surface area contributed by atoms with Crippen LogP contribution in [0.4, 0.5) is 5.69 Å². The molecule has 1 aliphatic heterocycles. The third kappa shape index (κ3) is 6.48. The maximum Gasteiger partial charge on any atom is 0.255 e. The molecule has 3 rings (SSSR count). The maximum atomic E-state index is 12.2. The topological polar surface area (TPSA) is 103 Å². The van der Waals surface area contributed by atoms with Crippen molar-refractivity contribution in [2.24, 2.45) is 0 Å². The van der Waals surface area contributed by atoms with Gasteiger partial charge in [-0.15, -0.1) is 24.8 Å². The molecule has 0 saturated carbocycles. The van der Waals surface area contributed by atoms with Gasteiger partial charge in [0.2, 0.25) is 5.91 Å². The summed E-state index contributed by atoms with van der Waals surface area (Å²) in [6.45, 7) is 0.792. The molecule has 2 amide bonds. The molecule has 1 aromatic heterocycles. The Labute approximate surface area is 169 Å². The summed E-state index contributed by atoms with van der Waals surface area (Å²) in [5.74, 6) is -0.351. The molecule has 1 saturated heterocycles. The molecule has 2 atom stereocenters. The normalized spacial score (nSPS) is 18.0. The number of hydrogen-bond acceptors (Lipinski definition) is 5. The molecule has 9 heteroatoms. The Kier molecular flexibility index (Phi) is 9.17. The van der Waals surface area contributed by atoms with Gasteiger partial charge in [0.05, 0.1) is 12.1 Å². The van der Waals surface area contributed by atoms with Crippen molar-refractivity contribution in [2.45, 2.75) is 25.1 Å². The van der Waals surface area contributed by atoms with Gasteiger partial charge >= 0.3 is 0 Å². The van der Waals surface area contributed by atoms with Crippen molar-refractivity contribution < 1.29 is 14.7 Å². The lowest BCUT2D eigenvalue weighted by molar-refractivity contribution is -0.123. The number of carbonyl (C=O) groups is 2. The highest BCUT2D eigenvalue weighted by Gasteiger charge is 2.27. The van der Waals surface area contributed by atoms with Crippen molar-refractivity contribution in [2.75, 3.05) is 11.9 Å². The molecule has 146 valence electrons. The Balaban J connectivity index is 0.00000182. The molecule has 27 heavy (non-hydrogen) atoms. The van der Waals surface area contributed by atoms with Gasteiger partial charge in [0, 0.05) is 36.7 Å². The minimum Gasteiger partial charge on any atom is -0.392 e. The van der Waals surface area contributed by atoms with Gasteiger partial charge in [0.1, 0.15) is 0 Å². The first-order valence-corrected chi connectivity index (χ1v) is 8.11. The summed E-state index contributed by atoms with van der Waals surface area (Å²) in [4.78, 5) is 28.1. The smallest absolute Gasteiger partial charge is 0.255 e. The van der Waals surface area contributed by atoms with Crippen LogP contribution in [0.5, 0.6) is 0 Å². The van der Waals surface area contributed by atoms with E-state index in [1.54, 1.807) is 30.6 Å². The minimum atomic E-state index is -0.470. The van der Waals surface area contributed by atoms with Gasteiger partial charge in [-0.25, -0.2) is 0 Å². The van der Waals surface area contributed by atoms with E-state index in [4.69, 9.17) is 0 Å². The largest absolute Gasteiger partial charge is 0.392 e. The summed E-state index contributed by atoms with van der Waals surface area (Å²) in [6, 6.07) is 10.2. The number of aromatic nitrogens is 1. The van der Waals surface area contributed by atoms with Crippen molar-refractivity contribution in [3.8, 4) is 0 Å². The van der Waals surface area contributed by atoms with Crippen molar-refractivity contribution in [1.29, 1.82) is 0 Å². The van der Waals surface area contributed by atoms with Crippen LogP contribution in [0.15, 0.2) is 48.8 Å². The van der Waals surface area contributed by atoms with Crippen molar-refractivity contribution in [3.63, 3.8) is 0 Å². The second-order valence-corrected chi connectivity index (χ2v) is 5.96. The van der Waals surface area contributed by atoms with E-state index in [0.29, 0.717) is 30.8 Å². The molecule has 0 bridgehead atoms. The van der Waals surface area contributed by atoms with E-state index in [9.17, 15) is 14.7 Å². The Bertz CT molecular complexity index is 761. The van der Waals surface area contributed by atoms with Crippen LogP contribution in [0, 0.1) is 0 Å². The number of halogens is 2. The summed E-state index contributed by atoms with van der Waals surface area (Å²) in [5, 5.41) is 18.1. The van der Waals surface area contributed by atoms with Gasteiger partial charge < -0.3 is 21.1 Å². The molecule has 2 unspecified atom stereocenters. The van der Waals surface area contributed by atoms with Crippen LogP contribution >= 0.6 is 24.8 Å². The molecule has 1 aliphatic rings. The van der Waals surface area contributed by atoms with Gasteiger partial charge in [0.25, 0.3) is 5.91 Å². The molecule has 1 aromatic carbocycles. The fraction of sp³-hybridized carbons (Fsp3) is 0.278. The third-order valence-electron chi connectivity index (χ3n) is 4.02. The van der Waals surface area contributed by atoms with Crippen molar-refractivity contribution in [3.05, 3.63) is 59.9 Å². The fourth-order valence-corrected chi connectivity index (χ4v) is 2.69. The number of rotatable bonds is 5. The van der Waals surface area contributed by atoms with Crippen molar-refractivity contribution >= 4 is 42.3 Å². The van der Waals surface area contributed by atoms with E-state index in [0.717, 1.165) is 5.56 Å². The number of benzene rings is 1. The lowest BCUT2D eigenvalue weighted by Gasteiger charge is -2.12. The summed E-state index contributed by atoms with van der Waals surface area (Å²) in [5.41, 5.74) is 2.06. The van der Waals surface area contributed by atoms with Gasteiger partial charge in [-0.3, -0.25) is 14.6 Å². The lowest BCUT2D eigenvalue weighted by Crippen LogP contribution is -2.40.